The van der Waals surface area contributed by atoms with Crippen molar-refractivity contribution in [2.24, 2.45) is 0 Å². The standard InChI is InChI=1S/C18H15BrN4O/c1-12-6-2-4-8-14(12)22-17-11-20-16(10-21-17)18(24)23-15-9-5-3-7-13(15)19/h2-11H,1H3,(H,21,22)(H,23,24). The van der Waals surface area contributed by atoms with E-state index in [0.29, 0.717) is 11.5 Å². The largest absolute Gasteiger partial charge is 0.339 e. The molecule has 1 heterocycles. The predicted octanol–water partition coefficient (Wildman–Crippen LogP) is 4.54. The Morgan fingerprint density at radius 3 is 2.33 bits per heavy atom. The van der Waals surface area contributed by atoms with E-state index in [1.807, 2.05) is 55.5 Å². The molecule has 3 rings (SSSR count). The first-order valence-corrected chi connectivity index (χ1v) is 8.13. The number of para-hydroxylation sites is 2. The maximum absolute atomic E-state index is 12.2. The number of amides is 1. The molecule has 0 bridgehead atoms. The number of halogens is 1. The third-order valence-corrected chi connectivity index (χ3v) is 4.11. The lowest BCUT2D eigenvalue weighted by molar-refractivity contribution is 0.102. The number of nitrogens with zero attached hydrogens (tertiary/aromatic N) is 2. The summed E-state index contributed by atoms with van der Waals surface area (Å²) < 4.78 is 0.809. The molecule has 5 nitrogen and oxygen atoms in total. The summed E-state index contributed by atoms with van der Waals surface area (Å²) in [6, 6.07) is 15.3. The average molecular weight is 383 g/mol. The Morgan fingerprint density at radius 1 is 0.958 bits per heavy atom. The molecule has 0 aliphatic rings. The highest BCUT2D eigenvalue weighted by molar-refractivity contribution is 9.10. The fraction of sp³-hybridized carbons (Fsp3) is 0.0556. The fourth-order valence-electron chi connectivity index (χ4n) is 2.11. The average Bonchev–Trinajstić information content (AvgIpc) is 2.59. The second kappa shape index (κ2) is 7.23. The number of nitrogens with one attached hydrogen (secondary N) is 2. The van der Waals surface area contributed by atoms with Crippen molar-refractivity contribution in [3.05, 3.63) is 76.7 Å². The minimum Gasteiger partial charge on any atom is -0.339 e. The van der Waals surface area contributed by atoms with E-state index in [-0.39, 0.29) is 11.6 Å². The van der Waals surface area contributed by atoms with Crippen LogP contribution < -0.4 is 10.6 Å². The summed E-state index contributed by atoms with van der Waals surface area (Å²) in [5.74, 6) is 0.276. The van der Waals surface area contributed by atoms with Crippen molar-refractivity contribution in [2.75, 3.05) is 10.6 Å². The number of aryl methyl sites for hydroxylation is 1. The Hall–Kier alpha value is -2.73. The lowest BCUT2D eigenvalue weighted by Crippen LogP contribution is -2.14. The number of benzene rings is 2. The summed E-state index contributed by atoms with van der Waals surface area (Å²) in [6.07, 6.45) is 2.99. The summed E-state index contributed by atoms with van der Waals surface area (Å²) >= 11 is 3.39. The van der Waals surface area contributed by atoms with Crippen molar-refractivity contribution in [1.29, 1.82) is 0 Å². The molecular formula is C18H15BrN4O. The molecule has 0 aliphatic carbocycles. The van der Waals surface area contributed by atoms with Crippen LogP contribution in [0.5, 0.6) is 0 Å². The van der Waals surface area contributed by atoms with Crippen molar-refractivity contribution in [1.82, 2.24) is 9.97 Å². The molecule has 2 N–H and O–H groups in total. The van der Waals surface area contributed by atoms with E-state index in [1.54, 1.807) is 6.20 Å². The number of hydrogen-bond acceptors (Lipinski definition) is 4. The third kappa shape index (κ3) is 3.78. The molecule has 24 heavy (non-hydrogen) atoms. The van der Waals surface area contributed by atoms with Gasteiger partial charge in [0.1, 0.15) is 11.5 Å². The quantitative estimate of drug-likeness (QED) is 0.694. The molecule has 1 aromatic heterocycles. The van der Waals surface area contributed by atoms with E-state index in [1.165, 1.54) is 6.20 Å². The van der Waals surface area contributed by atoms with Crippen molar-refractivity contribution in [3.8, 4) is 0 Å². The second-order valence-electron chi connectivity index (χ2n) is 5.16. The summed E-state index contributed by atoms with van der Waals surface area (Å²) in [5.41, 5.74) is 3.00. The highest BCUT2D eigenvalue weighted by Crippen LogP contribution is 2.22. The Labute approximate surface area is 148 Å². The molecule has 0 saturated heterocycles. The second-order valence-corrected chi connectivity index (χ2v) is 6.02. The minimum absolute atomic E-state index is 0.251. The number of rotatable bonds is 4. The van der Waals surface area contributed by atoms with Gasteiger partial charge in [0.05, 0.1) is 18.1 Å². The van der Waals surface area contributed by atoms with Crippen molar-refractivity contribution >= 4 is 39.0 Å². The fourth-order valence-corrected chi connectivity index (χ4v) is 2.49. The van der Waals surface area contributed by atoms with Crippen LogP contribution in [0.25, 0.3) is 0 Å². The summed E-state index contributed by atoms with van der Waals surface area (Å²) in [7, 11) is 0. The SMILES string of the molecule is Cc1ccccc1Nc1cnc(C(=O)Nc2ccccc2Br)cn1. The molecule has 0 spiro atoms. The molecule has 0 fully saturated rings. The van der Waals surface area contributed by atoms with E-state index in [0.717, 1.165) is 15.7 Å². The smallest absolute Gasteiger partial charge is 0.275 e. The van der Waals surface area contributed by atoms with Gasteiger partial charge in [0.25, 0.3) is 5.91 Å². The minimum atomic E-state index is -0.308. The van der Waals surface area contributed by atoms with Gasteiger partial charge in [-0.2, -0.15) is 0 Å². The Morgan fingerprint density at radius 2 is 1.67 bits per heavy atom. The normalized spacial score (nSPS) is 10.2. The van der Waals surface area contributed by atoms with Crippen LogP contribution in [0.1, 0.15) is 16.1 Å². The highest BCUT2D eigenvalue weighted by Gasteiger charge is 2.10. The zero-order valence-electron chi connectivity index (χ0n) is 13.0. The van der Waals surface area contributed by atoms with Crippen molar-refractivity contribution in [2.45, 2.75) is 6.92 Å². The monoisotopic (exact) mass is 382 g/mol. The van der Waals surface area contributed by atoms with Gasteiger partial charge < -0.3 is 10.6 Å². The zero-order valence-corrected chi connectivity index (χ0v) is 14.5. The first-order chi connectivity index (χ1) is 11.6. The Kier molecular flexibility index (Phi) is 4.86. The lowest BCUT2D eigenvalue weighted by Gasteiger charge is -2.09. The number of aromatic nitrogens is 2. The molecule has 0 unspecified atom stereocenters. The van der Waals surface area contributed by atoms with Gasteiger partial charge in [0.2, 0.25) is 0 Å². The van der Waals surface area contributed by atoms with Gasteiger partial charge >= 0.3 is 0 Å². The molecule has 0 atom stereocenters. The Bertz CT molecular complexity index is 865. The van der Waals surface area contributed by atoms with Gasteiger partial charge in [-0.25, -0.2) is 9.97 Å². The summed E-state index contributed by atoms with van der Waals surface area (Å²) in [5, 5.41) is 5.98. The number of anilines is 3. The van der Waals surface area contributed by atoms with Crippen LogP contribution in [0.4, 0.5) is 17.2 Å². The first-order valence-electron chi connectivity index (χ1n) is 7.34. The third-order valence-electron chi connectivity index (χ3n) is 3.41. The summed E-state index contributed by atoms with van der Waals surface area (Å²) in [4.78, 5) is 20.7. The maximum atomic E-state index is 12.2. The molecule has 0 radical (unpaired) electrons. The maximum Gasteiger partial charge on any atom is 0.275 e. The van der Waals surface area contributed by atoms with Gasteiger partial charge in [-0.3, -0.25) is 4.79 Å². The Balaban J connectivity index is 1.71. The predicted molar refractivity (Wildman–Crippen MR) is 98.6 cm³/mol. The van der Waals surface area contributed by atoms with Crippen LogP contribution in [0.2, 0.25) is 0 Å². The zero-order chi connectivity index (χ0) is 16.9. The number of hydrogen-bond donors (Lipinski definition) is 2. The van der Waals surface area contributed by atoms with E-state index in [9.17, 15) is 4.79 Å². The van der Waals surface area contributed by atoms with Crippen molar-refractivity contribution in [3.63, 3.8) is 0 Å². The van der Waals surface area contributed by atoms with Gasteiger partial charge in [-0.05, 0) is 46.6 Å². The van der Waals surface area contributed by atoms with Gasteiger partial charge in [0.15, 0.2) is 0 Å². The molecule has 1 amide bonds. The highest BCUT2D eigenvalue weighted by atomic mass is 79.9. The van der Waals surface area contributed by atoms with Gasteiger partial charge in [0, 0.05) is 10.2 Å². The van der Waals surface area contributed by atoms with Gasteiger partial charge in [-0.15, -0.1) is 0 Å². The van der Waals surface area contributed by atoms with Crippen LogP contribution in [0, 0.1) is 6.92 Å². The molecule has 2 aromatic carbocycles. The molecular weight excluding hydrogens is 368 g/mol. The van der Waals surface area contributed by atoms with Crippen LogP contribution in [0.3, 0.4) is 0 Å². The van der Waals surface area contributed by atoms with E-state index in [2.05, 4.69) is 36.5 Å². The van der Waals surface area contributed by atoms with E-state index in [4.69, 9.17) is 0 Å². The molecule has 3 aromatic rings. The number of carbonyl (C=O) groups excluding carboxylic acids is 1. The molecule has 120 valence electrons. The van der Waals surface area contributed by atoms with Crippen LogP contribution >= 0.6 is 15.9 Å². The van der Waals surface area contributed by atoms with Crippen LogP contribution in [0.15, 0.2) is 65.4 Å². The van der Waals surface area contributed by atoms with E-state index < -0.39 is 0 Å². The van der Waals surface area contributed by atoms with Gasteiger partial charge in [-0.1, -0.05) is 30.3 Å². The van der Waals surface area contributed by atoms with Crippen molar-refractivity contribution < 1.29 is 4.79 Å². The molecule has 0 saturated carbocycles. The molecule has 6 heteroatoms. The summed E-state index contributed by atoms with van der Waals surface area (Å²) in [6.45, 7) is 2.01. The topological polar surface area (TPSA) is 66.9 Å². The van der Waals surface area contributed by atoms with Crippen LogP contribution in [-0.4, -0.2) is 15.9 Å². The van der Waals surface area contributed by atoms with E-state index >= 15 is 0 Å². The molecule has 0 aliphatic heterocycles. The van der Waals surface area contributed by atoms with Crippen LogP contribution in [-0.2, 0) is 0 Å². The lowest BCUT2D eigenvalue weighted by atomic mass is 10.2. The first kappa shape index (κ1) is 16.1. The number of carbonyl (C=O) groups is 1.